The molecule has 0 aliphatic carbocycles. The highest BCUT2D eigenvalue weighted by Crippen LogP contribution is 2.16. The Balaban J connectivity index is 1.49. The molecule has 0 bridgehead atoms. The van der Waals surface area contributed by atoms with Gasteiger partial charge in [0, 0.05) is 18.8 Å². The number of ether oxygens (including phenoxy) is 2. The summed E-state index contributed by atoms with van der Waals surface area (Å²) < 4.78 is 10.9. The molecule has 0 atom stereocenters. The minimum absolute atomic E-state index is 0.0196. The van der Waals surface area contributed by atoms with Crippen LogP contribution in [-0.4, -0.2) is 31.1 Å². The van der Waals surface area contributed by atoms with Gasteiger partial charge in [-0.15, -0.1) is 0 Å². The summed E-state index contributed by atoms with van der Waals surface area (Å²) in [5.41, 5.74) is 2.94. The van der Waals surface area contributed by atoms with Crippen molar-refractivity contribution in [2.45, 2.75) is 26.1 Å². The van der Waals surface area contributed by atoms with E-state index < -0.39 is 0 Å². The van der Waals surface area contributed by atoms with Crippen molar-refractivity contribution in [3.05, 3.63) is 59.7 Å². The molecular weight excluding hydrogens is 316 g/mol. The molecule has 0 unspecified atom stereocenters. The van der Waals surface area contributed by atoms with Gasteiger partial charge in [0.25, 0.3) is 0 Å². The van der Waals surface area contributed by atoms with E-state index in [1.807, 2.05) is 53.4 Å². The summed E-state index contributed by atoms with van der Waals surface area (Å²) >= 11 is 0. The highest BCUT2D eigenvalue weighted by molar-refractivity contribution is 5.89. The molecule has 1 N–H and O–H groups in total. The molecule has 1 heterocycles. The lowest BCUT2D eigenvalue weighted by Gasteiger charge is -2.16. The smallest absolute Gasteiger partial charge is 0.321 e. The maximum Gasteiger partial charge on any atom is 0.321 e. The first-order chi connectivity index (χ1) is 12.2. The van der Waals surface area contributed by atoms with E-state index in [0.29, 0.717) is 13.2 Å². The van der Waals surface area contributed by atoms with E-state index in [0.717, 1.165) is 48.5 Å². The monoisotopic (exact) mass is 340 g/mol. The van der Waals surface area contributed by atoms with Gasteiger partial charge in [0.1, 0.15) is 5.75 Å². The lowest BCUT2D eigenvalue weighted by molar-refractivity contribution is 0.107. The van der Waals surface area contributed by atoms with Crippen LogP contribution in [0.1, 0.15) is 24.0 Å². The molecule has 2 aromatic rings. The van der Waals surface area contributed by atoms with Crippen molar-refractivity contribution in [1.82, 2.24) is 4.90 Å². The van der Waals surface area contributed by atoms with Crippen LogP contribution in [0, 0.1) is 0 Å². The largest absolute Gasteiger partial charge is 0.497 e. The van der Waals surface area contributed by atoms with E-state index in [2.05, 4.69) is 5.32 Å². The quantitative estimate of drug-likeness (QED) is 0.863. The first kappa shape index (κ1) is 17.3. The number of urea groups is 1. The SMILES string of the molecule is COc1ccc(COCc2cccc(NC(=O)N3CCCC3)c2)cc1. The lowest BCUT2D eigenvalue weighted by atomic mass is 10.2. The zero-order valence-electron chi connectivity index (χ0n) is 14.5. The van der Waals surface area contributed by atoms with Gasteiger partial charge in [0.2, 0.25) is 0 Å². The summed E-state index contributed by atoms with van der Waals surface area (Å²) in [6.07, 6.45) is 2.18. The van der Waals surface area contributed by atoms with Crippen molar-refractivity contribution in [2.75, 3.05) is 25.5 Å². The van der Waals surface area contributed by atoms with Crippen LogP contribution in [-0.2, 0) is 18.0 Å². The summed E-state index contributed by atoms with van der Waals surface area (Å²) in [6.45, 7) is 2.72. The van der Waals surface area contributed by atoms with Crippen molar-refractivity contribution in [1.29, 1.82) is 0 Å². The molecule has 0 saturated carbocycles. The summed E-state index contributed by atoms with van der Waals surface area (Å²) in [5.74, 6) is 0.838. The van der Waals surface area contributed by atoms with Gasteiger partial charge in [-0.2, -0.15) is 0 Å². The third-order valence-electron chi connectivity index (χ3n) is 4.27. The number of carbonyl (C=O) groups excluding carboxylic acids is 1. The van der Waals surface area contributed by atoms with Gasteiger partial charge in [0.15, 0.2) is 0 Å². The third kappa shape index (κ3) is 4.97. The fourth-order valence-corrected chi connectivity index (χ4v) is 2.87. The average Bonchev–Trinajstić information content (AvgIpc) is 3.17. The number of carbonyl (C=O) groups is 1. The summed E-state index contributed by atoms with van der Waals surface area (Å²) in [7, 11) is 1.65. The van der Waals surface area contributed by atoms with Gasteiger partial charge < -0.3 is 19.7 Å². The summed E-state index contributed by atoms with van der Waals surface area (Å²) in [4.78, 5) is 14.0. The van der Waals surface area contributed by atoms with Crippen LogP contribution >= 0.6 is 0 Å². The fourth-order valence-electron chi connectivity index (χ4n) is 2.87. The van der Waals surface area contributed by atoms with E-state index >= 15 is 0 Å². The number of hydrogen-bond donors (Lipinski definition) is 1. The van der Waals surface area contributed by atoms with Crippen LogP contribution in [0.3, 0.4) is 0 Å². The molecule has 1 aliphatic rings. The summed E-state index contributed by atoms with van der Waals surface area (Å²) in [6, 6.07) is 15.6. The molecule has 132 valence electrons. The molecule has 25 heavy (non-hydrogen) atoms. The van der Waals surface area contributed by atoms with Gasteiger partial charge in [-0.05, 0) is 48.2 Å². The maximum atomic E-state index is 12.2. The highest BCUT2D eigenvalue weighted by atomic mass is 16.5. The molecule has 5 nitrogen and oxygen atoms in total. The molecule has 5 heteroatoms. The second-order valence-electron chi connectivity index (χ2n) is 6.17. The molecule has 0 aromatic heterocycles. The highest BCUT2D eigenvalue weighted by Gasteiger charge is 2.17. The molecular formula is C20H24N2O3. The average molecular weight is 340 g/mol. The molecule has 2 aromatic carbocycles. The Bertz CT molecular complexity index is 694. The maximum absolute atomic E-state index is 12.2. The second kappa shape index (κ2) is 8.53. The van der Waals surface area contributed by atoms with E-state index in [4.69, 9.17) is 9.47 Å². The number of anilines is 1. The van der Waals surface area contributed by atoms with Crippen LogP contribution < -0.4 is 10.1 Å². The Hall–Kier alpha value is -2.53. The normalized spacial score (nSPS) is 13.7. The Morgan fingerprint density at radius 3 is 2.48 bits per heavy atom. The number of benzene rings is 2. The zero-order chi connectivity index (χ0) is 17.5. The number of nitrogens with zero attached hydrogens (tertiary/aromatic N) is 1. The van der Waals surface area contributed by atoms with Crippen molar-refractivity contribution in [3.8, 4) is 5.75 Å². The predicted octanol–water partition coefficient (Wildman–Crippen LogP) is 4.04. The number of methoxy groups -OCH3 is 1. The number of nitrogens with one attached hydrogen (secondary N) is 1. The predicted molar refractivity (Wildman–Crippen MR) is 97.8 cm³/mol. The van der Waals surface area contributed by atoms with Crippen molar-refractivity contribution in [3.63, 3.8) is 0 Å². The first-order valence-corrected chi connectivity index (χ1v) is 8.60. The summed E-state index contributed by atoms with van der Waals surface area (Å²) in [5, 5.41) is 2.96. The molecule has 0 spiro atoms. The molecule has 3 rings (SSSR count). The van der Waals surface area contributed by atoms with E-state index in [1.165, 1.54) is 0 Å². The molecule has 0 radical (unpaired) electrons. The van der Waals surface area contributed by atoms with Gasteiger partial charge in [-0.25, -0.2) is 4.79 Å². The molecule has 1 fully saturated rings. The van der Waals surface area contributed by atoms with Crippen LogP contribution in [0.15, 0.2) is 48.5 Å². The topological polar surface area (TPSA) is 50.8 Å². The lowest BCUT2D eigenvalue weighted by Crippen LogP contribution is -2.32. The number of hydrogen-bond acceptors (Lipinski definition) is 3. The van der Waals surface area contributed by atoms with Crippen LogP contribution in [0.4, 0.5) is 10.5 Å². The van der Waals surface area contributed by atoms with Crippen molar-refractivity contribution >= 4 is 11.7 Å². The minimum Gasteiger partial charge on any atom is -0.497 e. The van der Waals surface area contributed by atoms with E-state index in [1.54, 1.807) is 7.11 Å². The standard InChI is InChI=1S/C20H24N2O3/c1-24-19-9-7-16(8-10-19)14-25-15-17-5-4-6-18(13-17)21-20(23)22-11-2-3-12-22/h4-10,13H,2-3,11-12,14-15H2,1H3,(H,21,23). The van der Waals surface area contributed by atoms with Crippen LogP contribution in [0.5, 0.6) is 5.75 Å². The zero-order valence-corrected chi connectivity index (χ0v) is 14.5. The van der Waals surface area contributed by atoms with E-state index in [-0.39, 0.29) is 6.03 Å². The Morgan fingerprint density at radius 2 is 1.76 bits per heavy atom. The number of amides is 2. The first-order valence-electron chi connectivity index (χ1n) is 8.60. The second-order valence-corrected chi connectivity index (χ2v) is 6.17. The molecule has 2 amide bonds. The fraction of sp³-hybridized carbons (Fsp3) is 0.350. The number of rotatable bonds is 6. The van der Waals surface area contributed by atoms with Crippen LogP contribution in [0.25, 0.3) is 0 Å². The van der Waals surface area contributed by atoms with Crippen molar-refractivity contribution < 1.29 is 14.3 Å². The van der Waals surface area contributed by atoms with Crippen LogP contribution in [0.2, 0.25) is 0 Å². The minimum atomic E-state index is -0.0196. The Kier molecular flexibility index (Phi) is 5.90. The van der Waals surface area contributed by atoms with Gasteiger partial charge in [0.05, 0.1) is 20.3 Å². The Labute approximate surface area is 148 Å². The van der Waals surface area contributed by atoms with Gasteiger partial charge in [-0.3, -0.25) is 0 Å². The molecule has 1 aliphatic heterocycles. The van der Waals surface area contributed by atoms with Gasteiger partial charge in [-0.1, -0.05) is 24.3 Å². The molecule has 1 saturated heterocycles. The Morgan fingerprint density at radius 1 is 1.04 bits per heavy atom. The van der Waals surface area contributed by atoms with Gasteiger partial charge >= 0.3 is 6.03 Å². The van der Waals surface area contributed by atoms with Crippen molar-refractivity contribution in [2.24, 2.45) is 0 Å². The van der Waals surface area contributed by atoms with E-state index in [9.17, 15) is 4.79 Å². The third-order valence-corrected chi connectivity index (χ3v) is 4.27. The number of likely N-dealkylation sites (tertiary alicyclic amines) is 1.